The molecule has 0 saturated heterocycles. The summed E-state index contributed by atoms with van der Waals surface area (Å²) >= 11 is 0. The number of aryl methyl sites for hydroxylation is 1. The molecule has 0 saturated carbocycles. The third-order valence-corrected chi connectivity index (χ3v) is 5.15. The summed E-state index contributed by atoms with van der Waals surface area (Å²) in [4.78, 5) is 25.6. The molecule has 0 radical (unpaired) electrons. The van der Waals surface area contributed by atoms with E-state index in [0.29, 0.717) is 18.6 Å². The van der Waals surface area contributed by atoms with Gasteiger partial charge in [0.25, 0.3) is 0 Å². The highest BCUT2D eigenvalue weighted by atomic mass is 16.5. The SMILES string of the molecule is CCCOC(=O)C1=C(C)NC2=C(C(=O)CCC2)[C@H]1c1ccc(CC)cc1. The summed E-state index contributed by atoms with van der Waals surface area (Å²) in [5, 5.41) is 3.32. The lowest BCUT2D eigenvalue weighted by Crippen LogP contribution is -2.34. The number of dihydropyridines is 1. The molecule has 1 aromatic carbocycles. The van der Waals surface area contributed by atoms with E-state index in [0.717, 1.165) is 48.2 Å². The van der Waals surface area contributed by atoms with Gasteiger partial charge in [-0.05, 0) is 43.7 Å². The quantitative estimate of drug-likeness (QED) is 0.807. The summed E-state index contributed by atoms with van der Waals surface area (Å²) in [6, 6.07) is 8.24. The van der Waals surface area contributed by atoms with E-state index in [1.165, 1.54) is 5.56 Å². The Hall–Kier alpha value is -2.36. The number of ether oxygens (including phenoxy) is 1. The molecule has 1 aromatic rings. The van der Waals surface area contributed by atoms with Gasteiger partial charge in [-0.1, -0.05) is 38.1 Å². The van der Waals surface area contributed by atoms with E-state index in [9.17, 15) is 9.59 Å². The molecule has 138 valence electrons. The molecule has 3 rings (SSSR count). The molecule has 0 unspecified atom stereocenters. The van der Waals surface area contributed by atoms with Crippen molar-refractivity contribution in [2.24, 2.45) is 0 Å². The Balaban J connectivity index is 2.08. The molecule has 1 N–H and O–H groups in total. The van der Waals surface area contributed by atoms with Gasteiger partial charge < -0.3 is 10.1 Å². The van der Waals surface area contributed by atoms with Crippen LogP contribution in [0.5, 0.6) is 0 Å². The molecule has 2 aliphatic rings. The highest BCUT2D eigenvalue weighted by molar-refractivity contribution is 6.03. The highest BCUT2D eigenvalue weighted by Crippen LogP contribution is 2.42. The molecule has 1 heterocycles. The smallest absolute Gasteiger partial charge is 0.336 e. The van der Waals surface area contributed by atoms with Crippen molar-refractivity contribution in [3.8, 4) is 0 Å². The van der Waals surface area contributed by atoms with Crippen molar-refractivity contribution in [1.29, 1.82) is 0 Å². The van der Waals surface area contributed by atoms with Crippen LogP contribution in [0.3, 0.4) is 0 Å². The number of nitrogens with one attached hydrogen (secondary N) is 1. The van der Waals surface area contributed by atoms with Gasteiger partial charge in [-0.15, -0.1) is 0 Å². The van der Waals surface area contributed by atoms with E-state index >= 15 is 0 Å². The van der Waals surface area contributed by atoms with Gasteiger partial charge in [0.2, 0.25) is 0 Å². The van der Waals surface area contributed by atoms with Gasteiger partial charge in [-0.3, -0.25) is 4.79 Å². The Morgan fingerprint density at radius 2 is 1.92 bits per heavy atom. The lowest BCUT2D eigenvalue weighted by atomic mass is 9.75. The van der Waals surface area contributed by atoms with Crippen LogP contribution in [-0.2, 0) is 20.7 Å². The van der Waals surface area contributed by atoms with Crippen LogP contribution in [-0.4, -0.2) is 18.4 Å². The van der Waals surface area contributed by atoms with E-state index in [4.69, 9.17) is 4.74 Å². The van der Waals surface area contributed by atoms with Gasteiger partial charge in [-0.25, -0.2) is 4.79 Å². The fourth-order valence-corrected chi connectivity index (χ4v) is 3.81. The number of esters is 1. The first kappa shape index (κ1) is 18.4. The molecule has 4 nitrogen and oxygen atoms in total. The van der Waals surface area contributed by atoms with Crippen molar-refractivity contribution in [1.82, 2.24) is 5.32 Å². The summed E-state index contributed by atoms with van der Waals surface area (Å²) in [6.07, 6.45) is 3.97. The van der Waals surface area contributed by atoms with Crippen molar-refractivity contribution in [3.05, 3.63) is 57.9 Å². The summed E-state index contributed by atoms with van der Waals surface area (Å²) in [5.74, 6) is -0.530. The number of rotatable bonds is 5. The van der Waals surface area contributed by atoms with Gasteiger partial charge >= 0.3 is 5.97 Å². The predicted octanol–water partition coefficient (Wildman–Crippen LogP) is 4.17. The monoisotopic (exact) mass is 353 g/mol. The fraction of sp³-hybridized carbons (Fsp3) is 0.455. The molecule has 0 aromatic heterocycles. The first-order valence-corrected chi connectivity index (χ1v) is 9.56. The minimum atomic E-state index is -0.339. The largest absolute Gasteiger partial charge is 0.462 e. The molecule has 1 atom stereocenters. The summed E-state index contributed by atoms with van der Waals surface area (Å²) in [6.45, 7) is 6.37. The van der Waals surface area contributed by atoms with Crippen LogP contribution in [0.2, 0.25) is 0 Å². The standard InChI is InChI=1S/C22H27NO3/c1-4-13-26-22(25)19-14(3)23-17-7-6-8-18(24)21(17)20(19)16-11-9-15(5-2)10-12-16/h9-12,20,23H,4-8,13H2,1-3H3/t20-/m0/s1. The maximum Gasteiger partial charge on any atom is 0.336 e. The van der Waals surface area contributed by atoms with Gasteiger partial charge in [0.15, 0.2) is 5.78 Å². The predicted molar refractivity (Wildman–Crippen MR) is 102 cm³/mol. The molecule has 1 aliphatic carbocycles. The maximum atomic E-state index is 12.8. The third kappa shape index (κ3) is 3.46. The number of carbonyl (C=O) groups is 2. The average molecular weight is 353 g/mol. The van der Waals surface area contributed by atoms with Crippen LogP contribution in [0.15, 0.2) is 46.8 Å². The molecule has 0 bridgehead atoms. The lowest BCUT2D eigenvalue weighted by molar-refractivity contribution is -0.139. The van der Waals surface area contributed by atoms with Gasteiger partial charge in [-0.2, -0.15) is 0 Å². The first-order valence-electron chi connectivity index (χ1n) is 9.56. The summed E-state index contributed by atoms with van der Waals surface area (Å²) < 4.78 is 5.44. The minimum absolute atomic E-state index is 0.136. The van der Waals surface area contributed by atoms with E-state index in [1.807, 2.05) is 26.0 Å². The second kappa shape index (κ2) is 7.90. The Bertz CT molecular complexity index is 771. The number of hydrogen-bond acceptors (Lipinski definition) is 4. The highest BCUT2D eigenvalue weighted by Gasteiger charge is 2.38. The molecule has 0 fully saturated rings. The van der Waals surface area contributed by atoms with Crippen molar-refractivity contribution in [3.63, 3.8) is 0 Å². The van der Waals surface area contributed by atoms with Gasteiger partial charge in [0, 0.05) is 29.3 Å². The van der Waals surface area contributed by atoms with Crippen LogP contribution in [0, 0.1) is 0 Å². The lowest BCUT2D eigenvalue weighted by Gasteiger charge is -2.34. The topological polar surface area (TPSA) is 55.4 Å². The Kier molecular flexibility index (Phi) is 5.60. The molecule has 1 aliphatic heterocycles. The average Bonchev–Trinajstić information content (AvgIpc) is 2.65. The van der Waals surface area contributed by atoms with Crippen LogP contribution < -0.4 is 5.32 Å². The van der Waals surface area contributed by atoms with E-state index < -0.39 is 0 Å². The van der Waals surface area contributed by atoms with Crippen molar-refractivity contribution in [2.45, 2.75) is 58.8 Å². The Morgan fingerprint density at radius 3 is 2.58 bits per heavy atom. The fourth-order valence-electron chi connectivity index (χ4n) is 3.81. The van der Waals surface area contributed by atoms with Gasteiger partial charge in [0.1, 0.15) is 0 Å². The van der Waals surface area contributed by atoms with Crippen molar-refractivity contribution < 1.29 is 14.3 Å². The maximum absolute atomic E-state index is 12.8. The number of Topliss-reactive ketones (excluding diaryl/α,β-unsaturated/α-hetero) is 1. The molecule has 26 heavy (non-hydrogen) atoms. The first-order chi connectivity index (χ1) is 12.6. The Labute approximate surface area is 155 Å². The number of ketones is 1. The summed E-state index contributed by atoms with van der Waals surface area (Å²) in [5.41, 5.74) is 5.29. The number of allylic oxidation sites excluding steroid dienone is 3. The van der Waals surface area contributed by atoms with Crippen LogP contribution in [0.25, 0.3) is 0 Å². The van der Waals surface area contributed by atoms with Crippen LogP contribution in [0.4, 0.5) is 0 Å². The molecule has 0 amide bonds. The van der Waals surface area contributed by atoms with E-state index in [1.54, 1.807) is 0 Å². The second-order valence-electron chi connectivity index (χ2n) is 7.00. The number of carbonyl (C=O) groups excluding carboxylic acids is 2. The zero-order chi connectivity index (χ0) is 18.7. The number of hydrogen-bond donors (Lipinski definition) is 1. The number of benzene rings is 1. The van der Waals surface area contributed by atoms with Crippen LogP contribution in [0.1, 0.15) is 63.5 Å². The van der Waals surface area contributed by atoms with Crippen LogP contribution >= 0.6 is 0 Å². The molecule has 4 heteroatoms. The zero-order valence-corrected chi connectivity index (χ0v) is 15.9. The third-order valence-electron chi connectivity index (χ3n) is 5.15. The van der Waals surface area contributed by atoms with Crippen molar-refractivity contribution >= 4 is 11.8 Å². The minimum Gasteiger partial charge on any atom is -0.462 e. The molecule has 0 spiro atoms. The normalized spacial score (nSPS) is 20.0. The summed E-state index contributed by atoms with van der Waals surface area (Å²) in [7, 11) is 0. The van der Waals surface area contributed by atoms with Gasteiger partial charge in [0.05, 0.1) is 12.2 Å². The van der Waals surface area contributed by atoms with E-state index in [-0.39, 0.29) is 17.7 Å². The zero-order valence-electron chi connectivity index (χ0n) is 15.9. The molecular weight excluding hydrogens is 326 g/mol. The van der Waals surface area contributed by atoms with E-state index in [2.05, 4.69) is 24.4 Å². The van der Waals surface area contributed by atoms with Crippen molar-refractivity contribution in [2.75, 3.05) is 6.61 Å². The Morgan fingerprint density at radius 1 is 1.19 bits per heavy atom. The molecular formula is C22H27NO3. The second-order valence-corrected chi connectivity index (χ2v) is 7.00.